The molecule has 0 N–H and O–H groups in total. The highest BCUT2D eigenvalue weighted by atomic mass is 35.5. The molecule has 1 aliphatic heterocycles. The maximum absolute atomic E-state index is 13.2. The van der Waals surface area contributed by atoms with E-state index in [1.54, 1.807) is 34.7 Å². The van der Waals surface area contributed by atoms with Crippen molar-refractivity contribution in [2.24, 2.45) is 0 Å². The highest BCUT2D eigenvalue weighted by molar-refractivity contribution is 7.99. The number of halogens is 1. The van der Waals surface area contributed by atoms with E-state index in [2.05, 4.69) is 4.98 Å². The van der Waals surface area contributed by atoms with E-state index in [1.807, 2.05) is 30.3 Å². The van der Waals surface area contributed by atoms with E-state index < -0.39 is 0 Å². The molecule has 1 unspecified atom stereocenters. The summed E-state index contributed by atoms with van der Waals surface area (Å²) in [5.74, 6) is 0.158. The fourth-order valence-electron chi connectivity index (χ4n) is 3.62. The first-order valence-corrected chi connectivity index (χ1v) is 11.6. The van der Waals surface area contributed by atoms with Gasteiger partial charge in [-0.2, -0.15) is 0 Å². The van der Waals surface area contributed by atoms with Crippen LogP contribution in [0.25, 0.3) is 10.9 Å². The summed E-state index contributed by atoms with van der Waals surface area (Å²) >= 11 is 7.38. The summed E-state index contributed by atoms with van der Waals surface area (Å²) in [5, 5.41) is 1.54. The van der Waals surface area contributed by atoms with Crippen molar-refractivity contribution in [2.45, 2.75) is 37.2 Å². The Kier molecular flexibility index (Phi) is 6.95. The molecule has 0 aliphatic carbocycles. The summed E-state index contributed by atoms with van der Waals surface area (Å²) in [6, 6.07) is 14.9. The van der Waals surface area contributed by atoms with E-state index in [0.29, 0.717) is 40.8 Å². The zero-order valence-electron chi connectivity index (χ0n) is 17.3. The number of aromatic nitrogens is 2. The van der Waals surface area contributed by atoms with Gasteiger partial charge < -0.3 is 9.64 Å². The number of fused-ring (bicyclic) bond motifs is 1. The van der Waals surface area contributed by atoms with E-state index in [4.69, 9.17) is 16.3 Å². The second kappa shape index (κ2) is 9.85. The first kappa shape index (κ1) is 21.9. The predicted molar refractivity (Wildman–Crippen MR) is 124 cm³/mol. The molecule has 2 aromatic carbocycles. The van der Waals surface area contributed by atoms with Gasteiger partial charge in [-0.05, 0) is 36.6 Å². The standard InChI is InChI=1S/C23H24ClN3O3S/c1-26(13-16-6-3-2-4-7-16)21(28)15-31-23-25-20-12-17(24)9-10-19(20)22(29)27(23)14-18-8-5-11-30-18/h2-4,6-7,9-10,12,18H,5,8,11,13-15H2,1H3. The Morgan fingerprint density at radius 1 is 1.29 bits per heavy atom. The van der Waals surface area contributed by atoms with Gasteiger partial charge in [-0.3, -0.25) is 14.2 Å². The molecule has 6 nitrogen and oxygen atoms in total. The molecule has 4 rings (SSSR count). The molecule has 1 aromatic heterocycles. The van der Waals surface area contributed by atoms with E-state index in [-0.39, 0.29) is 23.3 Å². The van der Waals surface area contributed by atoms with Crippen molar-refractivity contribution < 1.29 is 9.53 Å². The molecule has 3 aromatic rings. The lowest BCUT2D eigenvalue weighted by Crippen LogP contribution is -2.30. The molecule has 0 spiro atoms. The Morgan fingerprint density at radius 3 is 2.84 bits per heavy atom. The molecule has 2 heterocycles. The number of benzene rings is 2. The average molecular weight is 458 g/mol. The van der Waals surface area contributed by atoms with Gasteiger partial charge in [-0.15, -0.1) is 0 Å². The van der Waals surface area contributed by atoms with Gasteiger partial charge in [0, 0.05) is 25.2 Å². The molecule has 8 heteroatoms. The highest BCUT2D eigenvalue weighted by Gasteiger charge is 2.21. The molecular weight excluding hydrogens is 434 g/mol. The molecule has 162 valence electrons. The number of nitrogens with zero attached hydrogens (tertiary/aromatic N) is 3. The lowest BCUT2D eigenvalue weighted by Gasteiger charge is -2.19. The third kappa shape index (κ3) is 5.29. The Balaban J connectivity index is 1.56. The van der Waals surface area contributed by atoms with Crippen LogP contribution in [0.3, 0.4) is 0 Å². The minimum Gasteiger partial charge on any atom is -0.376 e. The van der Waals surface area contributed by atoms with Crippen LogP contribution in [0, 0.1) is 0 Å². The zero-order chi connectivity index (χ0) is 21.8. The number of hydrogen-bond donors (Lipinski definition) is 0. The van der Waals surface area contributed by atoms with Crippen molar-refractivity contribution in [1.82, 2.24) is 14.5 Å². The van der Waals surface area contributed by atoms with E-state index in [0.717, 1.165) is 18.4 Å². The molecule has 1 saturated heterocycles. The highest BCUT2D eigenvalue weighted by Crippen LogP contribution is 2.23. The second-order valence-electron chi connectivity index (χ2n) is 7.63. The number of thioether (sulfide) groups is 1. The van der Waals surface area contributed by atoms with Crippen LogP contribution in [0.15, 0.2) is 58.5 Å². The minimum atomic E-state index is -0.134. The normalized spacial score (nSPS) is 16.0. The molecule has 0 saturated carbocycles. The van der Waals surface area contributed by atoms with E-state index in [9.17, 15) is 9.59 Å². The van der Waals surface area contributed by atoms with Crippen molar-refractivity contribution in [3.63, 3.8) is 0 Å². The topological polar surface area (TPSA) is 64.4 Å². The molecule has 1 atom stereocenters. The van der Waals surface area contributed by atoms with Gasteiger partial charge >= 0.3 is 0 Å². The van der Waals surface area contributed by atoms with E-state index >= 15 is 0 Å². The molecular formula is C23H24ClN3O3S. The average Bonchev–Trinajstić information content (AvgIpc) is 3.28. The lowest BCUT2D eigenvalue weighted by molar-refractivity contribution is -0.127. The van der Waals surface area contributed by atoms with Crippen LogP contribution in [0.5, 0.6) is 0 Å². The molecule has 0 bridgehead atoms. The monoisotopic (exact) mass is 457 g/mol. The van der Waals surface area contributed by atoms with Crippen LogP contribution < -0.4 is 5.56 Å². The first-order chi connectivity index (χ1) is 15.0. The summed E-state index contributed by atoms with van der Waals surface area (Å²) < 4.78 is 7.38. The van der Waals surface area contributed by atoms with Crippen molar-refractivity contribution in [3.05, 3.63) is 69.5 Å². The van der Waals surface area contributed by atoms with Gasteiger partial charge in [0.15, 0.2) is 5.16 Å². The molecule has 0 radical (unpaired) electrons. The van der Waals surface area contributed by atoms with Crippen LogP contribution >= 0.6 is 23.4 Å². The van der Waals surface area contributed by atoms with Crippen molar-refractivity contribution in [1.29, 1.82) is 0 Å². The predicted octanol–water partition coefficient (Wildman–Crippen LogP) is 3.98. The van der Waals surface area contributed by atoms with Crippen LogP contribution in [-0.2, 0) is 22.6 Å². The number of ether oxygens (including phenoxy) is 1. The Bertz CT molecular complexity index is 1130. The van der Waals surface area contributed by atoms with Crippen molar-refractivity contribution in [2.75, 3.05) is 19.4 Å². The number of amides is 1. The van der Waals surface area contributed by atoms with Gasteiger partial charge in [0.2, 0.25) is 5.91 Å². The largest absolute Gasteiger partial charge is 0.376 e. The first-order valence-electron chi connectivity index (χ1n) is 10.2. The van der Waals surface area contributed by atoms with E-state index in [1.165, 1.54) is 11.8 Å². The van der Waals surface area contributed by atoms with Crippen molar-refractivity contribution in [3.8, 4) is 0 Å². The maximum Gasteiger partial charge on any atom is 0.262 e. The van der Waals surface area contributed by atoms with Gasteiger partial charge in [0.1, 0.15) is 0 Å². The third-order valence-electron chi connectivity index (χ3n) is 5.31. The van der Waals surface area contributed by atoms with Crippen LogP contribution in [0.1, 0.15) is 18.4 Å². The Labute approximate surface area is 190 Å². The zero-order valence-corrected chi connectivity index (χ0v) is 18.9. The van der Waals surface area contributed by atoms with Gasteiger partial charge in [0.25, 0.3) is 5.56 Å². The summed E-state index contributed by atoms with van der Waals surface area (Å²) in [5.41, 5.74) is 1.47. The second-order valence-corrected chi connectivity index (χ2v) is 9.01. The molecule has 1 aliphatic rings. The van der Waals surface area contributed by atoms with Gasteiger partial charge in [-0.25, -0.2) is 4.98 Å². The van der Waals surface area contributed by atoms with Gasteiger partial charge in [0.05, 0.1) is 29.3 Å². The lowest BCUT2D eigenvalue weighted by atomic mass is 10.2. The SMILES string of the molecule is CN(Cc1ccccc1)C(=O)CSc1nc2cc(Cl)ccc2c(=O)n1CC1CCCO1. The Hall–Kier alpha value is -2.35. The Morgan fingerprint density at radius 2 is 2.10 bits per heavy atom. The quantitative estimate of drug-likeness (QED) is 0.396. The molecule has 1 amide bonds. The fourth-order valence-corrected chi connectivity index (χ4v) is 4.73. The maximum atomic E-state index is 13.2. The number of hydrogen-bond acceptors (Lipinski definition) is 5. The van der Waals surface area contributed by atoms with Crippen LogP contribution in [0.4, 0.5) is 0 Å². The fraction of sp³-hybridized carbons (Fsp3) is 0.348. The van der Waals surface area contributed by atoms with Crippen molar-refractivity contribution >= 4 is 40.2 Å². The summed E-state index contributed by atoms with van der Waals surface area (Å²) in [6.07, 6.45) is 1.88. The third-order valence-corrected chi connectivity index (χ3v) is 6.50. The van der Waals surface area contributed by atoms with Crippen LogP contribution in [0.2, 0.25) is 5.02 Å². The minimum absolute atomic E-state index is 0.0138. The summed E-state index contributed by atoms with van der Waals surface area (Å²) in [7, 11) is 1.78. The number of carbonyl (C=O) groups is 1. The smallest absolute Gasteiger partial charge is 0.262 e. The number of carbonyl (C=O) groups excluding carboxylic acids is 1. The number of rotatable bonds is 7. The molecule has 31 heavy (non-hydrogen) atoms. The van der Waals surface area contributed by atoms with Crippen LogP contribution in [-0.4, -0.2) is 45.9 Å². The summed E-state index contributed by atoms with van der Waals surface area (Å²) in [4.78, 5) is 32.3. The molecule has 1 fully saturated rings. The summed E-state index contributed by atoms with van der Waals surface area (Å²) in [6.45, 7) is 1.67. The van der Waals surface area contributed by atoms with Gasteiger partial charge in [-0.1, -0.05) is 53.7 Å².